The number of aromatic nitrogens is 1. The first-order chi connectivity index (χ1) is 11.9. The van der Waals surface area contributed by atoms with Crippen LogP contribution in [0.1, 0.15) is 24.8 Å². The van der Waals surface area contributed by atoms with Crippen molar-refractivity contribution >= 4 is 15.7 Å². The molecule has 0 bridgehead atoms. The normalized spacial score (nSPS) is 26.4. The molecule has 2 aliphatic rings. The van der Waals surface area contributed by atoms with E-state index in [0.29, 0.717) is 19.8 Å². The van der Waals surface area contributed by atoms with Crippen LogP contribution in [0.4, 0.5) is 0 Å². The highest BCUT2D eigenvalue weighted by atomic mass is 32.2. The Labute approximate surface area is 148 Å². The number of ether oxygens (including phenoxy) is 2. The van der Waals surface area contributed by atoms with Gasteiger partial charge in [0.25, 0.3) is 0 Å². The number of pyridine rings is 1. The summed E-state index contributed by atoms with van der Waals surface area (Å²) >= 11 is 0. The number of hydrogen-bond acceptors (Lipinski definition) is 6. The van der Waals surface area contributed by atoms with E-state index in [2.05, 4.69) is 4.98 Å². The van der Waals surface area contributed by atoms with Gasteiger partial charge in [0.05, 0.1) is 31.1 Å². The van der Waals surface area contributed by atoms with Crippen LogP contribution in [0.2, 0.25) is 0 Å². The third-order valence-corrected chi connectivity index (χ3v) is 5.70. The van der Waals surface area contributed by atoms with Crippen LogP contribution < -0.4 is 0 Å². The molecule has 1 aliphatic carbocycles. The first-order valence-corrected chi connectivity index (χ1v) is 10.6. The molecular weight excluding hydrogens is 344 g/mol. The molecule has 0 radical (unpaired) electrons. The maximum atomic E-state index is 12.4. The van der Waals surface area contributed by atoms with E-state index in [9.17, 15) is 13.2 Å². The first kappa shape index (κ1) is 18.3. The molecule has 1 aliphatic heterocycles. The Morgan fingerprint density at radius 2 is 2.12 bits per heavy atom. The highest BCUT2D eigenvalue weighted by Gasteiger charge is 2.44. The molecule has 1 aromatic heterocycles. The minimum Gasteiger partial charge on any atom is -0.372 e. The number of morpholine rings is 1. The summed E-state index contributed by atoms with van der Waals surface area (Å²) in [5.41, 5.74) is 1.05. The van der Waals surface area contributed by atoms with Crippen LogP contribution in [0.25, 0.3) is 0 Å². The Bertz CT molecular complexity index is 694. The van der Waals surface area contributed by atoms with Gasteiger partial charge in [-0.15, -0.1) is 0 Å². The Kier molecular flexibility index (Phi) is 5.71. The highest BCUT2D eigenvalue weighted by molar-refractivity contribution is 7.90. The zero-order chi connectivity index (χ0) is 17.9. The molecule has 0 spiro atoms. The lowest BCUT2D eigenvalue weighted by Crippen LogP contribution is -2.54. The van der Waals surface area contributed by atoms with Crippen molar-refractivity contribution in [1.82, 2.24) is 9.88 Å². The second-order valence-electron chi connectivity index (χ2n) is 6.65. The van der Waals surface area contributed by atoms with E-state index < -0.39 is 9.84 Å². The molecule has 1 amide bonds. The second-order valence-corrected chi connectivity index (χ2v) is 8.91. The summed E-state index contributed by atoms with van der Waals surface area (Å²) < 4.78 is 34.5. The molecule has 0 aromatic carbocycles. The maximum absolute atomic E-state index is 12.4. The van der Waals surface area contributed by atoms with Crippen LogP contribution in [0, 0.1) is 0 Å². The average molecular weight is 368 g/mol. The second kappa shape index (κ2) is 7.80. The molecule has 2 heterocycles. The van der Waals surface area contributed by atoms with E-state index in [0.717, 1.165) is 24.7 Å². The number of carbonyl (C=O) groups is 1. The standard InChI is InChI=1S/C17H24N2O5S/c1-25(21,22)11-6-16(20)19-9-10-23-17-14(19)2-3-15(17)24-12-13-4-7-18-8-5-13/h4-5,7-8,14-15,17H,2-3,6,9-12H2,1H3/t14-,15-,17+/m0/s1. The van der Waals surface area contributed by atoms with E-state index in [1.807, 2.05) is 12.1 Å². The van der Waals surface area contributed by atoms with E-state index in [-0.39, 0.29) is 36.3 Å². The van der Waals surface area contributed by atoms with Gasteiger partial charge in [0.2, 0.25) is 5.91 Å². The quantitative estimate of drug-likeness (QED) is 0.738. The van der Waals surface area contributed by atoms with Gasteiger partial charge in [-0.2, -0.15) is 0 Å². The lowest BCUT2D eigenvalue weighted by atomic mass is 10.1. The van der Waals surface area contributed by atoms with Crippen molar-refractivity contribution in [1.29, 1.82) is 0 Å². The van der Waals surface area contributed by atoms with Gasteiger partial charge in [-0.3, -0.25) is 9.78 Å². The topological polar surface area (TPSA) is 85.8 Å². The fourth-order valence-electron chi connectivity index (χ4n) is 3.50. The van der Waals surface area contributed by atoms with Crippen LogP contribution in [0.5, 0.6) is 0 Å². The highest BCUT2D eigenvalue weighted by Crippen LogP contribution is 2.33. The number of rotatable bonds is 6. The van der Waals surface area contributed by atoms with E-state index in [1.165, 1.54) is 0 Å². The summed E-state index contributed by atoms with van der Waals surface area (Å²) in [6.45, 7) is 1.46. The number of amides is 1. The van der Waals surface area contributed by atoms with Crippen LogP contribution in [0.15, 0.2) is 24.5 Å². The van der Waals surface area contributed by atoms with Crippen molar-refractivity contribution < 1.29 is 22.7 Å². The van der Waals surface area contributed by atoms with Gasteiger partial charge in [0, 0.05) is 31.6 Å². The minimum absolute atomic E-state index is 0.0248. The number of nitrogens with zero attached hydrogens (tertiary/aromatic N) is 2. The molecule has 25 heavy (non-hydrogen) atoms. The van der Waals surface area contributed by atoms with Crippen molar-refractivity contribution in [3.63, 3.8) is 0 Å². The monoisotopic (exact) mass is 368 g/mol. The molecule has 1 saturated carbocycles. The van der Waals surface area contributed by atoms with Crippen molar-refractivity contribution in [2.45, 2.75) is 44.1 Å². The minimum atomic E-state index is -3.14. The summed E-state index contributed by atoms with van der Waals surface area (Å²) in [4.78, 5) is 18.2. The maximum Gasteiger partial charge on any atom is 0.224 e. The molecule has 1 aromatic rings. The van der Waals surface area contributed by atoms with Crippen LogP contribution in [0.3, 0.4) is 0 Å². The first-order valence-electron chi connectivity index (χ1n) is 8.53. The zero-order valence-corrected chi connectivity index (χ0v) is 15.2. The van der Waals surface area contributed by atoms with E-state index in [4.69, 9.17) is 9.47 Å². The molecule has 138 valence electrons. The molecule has 2 fully saturated rings. The number of carbonyl (C=O) groups excluding carboxylic acids is 1. The number of sulfone groups is 1. The van der Waals surface area contributed by atoms with Crippen LogP contribution in [-0.4, -0.2) is 67.6 Å². The summed E-state index contributed by atoms with van der Waals surface area (Å²) in [6.07, 6.45) is 6.10. The van der Waals surface area contributed by atoms with Gasteiger partial charge in [-0.05, 0) is 30.5 Å². The lowest BCUT2D eigenvalue weighted by Gasteiger charge is -2.39. The SMILES string of the molecule is CS(=O)(=O)CCC(=O)N1CCO[C@H]2[C@@H](OCc3ccncc3)CC[C@@H]21. The van der Waals surface area contributed by atoms with Gasteiger partial charge in [0.1, 0.15) is 15.9 Å². The largest absolute Gasteiger partial charge is 0.372 e. The fourth-order valence-corrected chi connectivity index (χ4v) is 4.05. The molecule has 0 N–H and O–H groups in total. The molecule has 3 atom stereocenters. The zero-order valence-electron chi connectivity index (χ0n) is 14.3. The summed E-state index contributed by atoms with van der Waals surface area (Å²) in [6, 6.07) is 3.80. The summed E-state index contributed by atoms with van der Waals surface area (Å²) in [5.74, 6) is -0.221. The Morgan fingerprint density at radius 3 is 2.84 bits per heavy atom. The van der Waals surface area contributed by atoms with Crippen molar-refractivity contribution in [2.75, 3.05) is 25.2 Å². The Hall–Kier alpha value is -1.51. The Balaban J connectivity index is 1.57. The fraction of sp³-hybridized carbons (Fsp3) is 0.647. The number of hydrogen-bond donors (Lipinski definition) is 0. The molecule has 7 nitrogen and oxygen atoms in total. The van der Waals surface area contributed by atoms with Crippen molar-refractivity contribution in [3.05, 3.63) is 30.1 Å². The van der Waals surface area contributed by atoms with Gasteiger partial charge < -0.3 is 14.4 Å². The smallest absolute Gasteiger partial charge is 0.224 e. The lowest BCUT2D eigenvalue weighted by molar-refractivity contribution is -0.151. The van der Waals surface area contributed by atoms with E-state index >= 15 is 0 Å². The van der Waals surface area contributed by atoms with Gasteiger partial charge >= 0.3 is 0 Å². The number of fused-ring (bicyclic) bond motifs is 1. The molecule has 8 heteroatoms. The molecule has 3 rings (SSSR count). The molecule has 1 saturated heterocycles. The van der Waals surface area contributed by atoms with Gasteiger partial charge in [0.15, 0.2) is 0 Å². The predicted octanol–water partition coefficient (Wildman–Crippen LogP) is 0.791. The van der Waals surface area contributed by atoms with E-state index in [1.54, 1.807) is 17.3 Å². The third kappa shape index (κ3) is 4.77. The summed E-state index contributed by atoms with van der Waals surface area (Å²) in [5, 5.41) is 0. The van der Waals surface area contributed by atoms with Gasteiger partial charge in [-0.1, -0.05) is 0 Å². The van der Waals surface area contributed by atoms with Crippen molar-refractivity contribution in [2.24, 2.45) is 0 Å². The Morgan fingerprint density at radius 1 is 1.36 bits per heavy atom. The van der Waals surface area contributed by atoms with Crippen LogP contribution in [-0.2, 0) is 30.7 Å². The molecule has 0 unspecified atom stereocenters. The van der Waals surface area contributed by atoms with Gasteiger partial charge in [-0.25, -0.2) is 8.42 Å². The van der Waals surface area contributed by atoms with Crippen LogP contribution >= 0.6 is 0 Å². The third-order valence-electron chi connectivity index (χ3n) is 4.76. The summed E-state index contributed by atoms with van der Waals surface area (Å²) in [7, 11) is -3.14. The predicted molar refractivity (Wildman–Crippen MR) is 91.6 cm³/mol. The molecular formula is C17H24N2O5S. The van der Waals surface area contributed by atoms with Crippen molar-refractivity contribution in [3.8, 4) is 0 Å². The average Bonchev–Trinajstić information content (AvgIpc) is 3.01.